The van der Waals surface area contributed by atoms with Crippen LogP contribution < -0.4 is 0 Å². The summed E-state index contributed by atoms with van der Waals surface area (Å²) in [7, 11) is 0. The van der Waals surface area contributed by atoms with E-state index in [4.69, 9.17) is 4.42 Å². The van der Waals surface area contributed by atoms with Gasteiger partial charge in [0.05, 0.1) is 27.5 Å². The predicted molar refractivity (Wildman–Crippen MR) is 230 cm³/mol. The summed E-state index contributed by atoms with van der Waals surface area (Å²) < 4.78 is 11.9. The Kier molecular flexibility index (Phi) is 5.63. The molecule has 55 heavy (non-hydrogen) atoms. The van der Waals surface area contributed by atoms with E-state index in [1.54, 1.807) is 0 Å². The average Bonchev–Trinajstić information content (AvgIpc) is 3.99. The number of benzene rings is 9. The Morgan fingerprint density at radius 3 is 1.58 bits per heavy atom. The van der Waals surface area contributed by atoms with Gasteiger partial charge in [0.25, 0.3) is 0 Å². The number of aromatic nitrogens is 2. The van der Waals surface area contributed by atoms with Crippen molar-refractivity contribution < 1.29 is 4.42 Å². The Morgan fingerprint density at radius 2 is 0.836 bits per heavy atom. The molecular formula is C52H30N2O. The van der Waals surface area contributed by atoms with Crippen LogP contribution in [-0.2, 0) is 0 Å². The van der Waals surface area contributed by atoms with Gasteiger partial charge in [-0.05, 0) is 86.6 Å². The van der Waals surface area contributed by atoms with Crippen LogP contribution in [-0.4, -0.2) is 9.13 Å². The summed E-state index contributed by atoms with van der Waals surface area (Å²) in [5.41, 5.74) is 16.4. The van der Waals surface area contributed by atoms with E-state index in [1.165, 1.54) is 71.3 Å². The molecule has 0 radical (unpaired) electrons. The van der Waals surface area contributed by atoms with Crippen LogP contribution in [0.15, 0.2) is 186 Å². The Hall–Kier alpha value is -7.36. The standard InChI is InChI=1S/C52H30N2O/c1-2-13-32(14-3-1)53-43-22-9-6-17-40(43)47-48-42-19-8-11-24-45(42)55-52(48)49-41-18-7-10-23-44(41)54(51(49)50(47)53)33-27-25-31(26-28-33)34-29-30-39-36-16-5-4-15-35(36)38-21-12-20-37(34)46(38)39/h1-30H. The lowest BCUT2D eigenvalue weighted by molar-refractivity contribution is 0.673. The van der Waals surface area contributed by atoms with E-state index in [0.717, 1.165) is 49.7 Å². The number of furan rings is 1. The summed E-state index contributed by atoms with van der Waals surface area (Å²) in [5.74, 6) is 0. The highest BCUT2D eigenvalue weighted by molar-refractivity contribution is 6.39. The van der Waals surface area contributed by atoms with E-state index < -0.39 is 0 Å². The van der Waals surface area contributed by atoms with Crippen molar-refractivity contribution >= 4 is 76.3 Å². The summed E-state index contributed by atoms with van der Waals surface area (Å²) in [6.45, 7) is 0. The predicted octanol–water partition coefficient (Wildman–Crippen LogP) is 14.2. The van der Waals surface area contributed by atoms with Crippen LogP contribution in [0, 0.1) is 0 Å². The first-order chi connectivity index (χ1) is 27.3. The van der Waals surface area contributed by atoms with Crippen molar-refractivity contribution in [3.05, 3.63) is 182 Å². The van der Waals surface area contributed by atoms with Crippen molar-refractivity contribution in [2.24, 2.45) is 0 Å². The van der Waals surface area contributed by atoms with Gasteiger partial charge in [-0.3, -0.25) is 0 Å². The summed E-state index contributed by atoms with van der Waals surface area (Å²) in [6.07, 6.45) is 0. The van der Waals surface area contributed by atoms with Crippen molar-refractivity contribution in [2.45, 2.75) is 0 Å². The Morgan fingerprint density at radius 1 is 0.309 bits per heavy atom. The molecule has 0 spiro atoms. The second-order valence-electron chi connectivity index (χ2n) is 14.8. The van der Waals surface area contributed by atoms with Crippen LogP contribution in [0.5, 0.6) is 0 Å². The topological polar surface area (TPSA) is 23.0 Å². The van der Waals surface area contributed by atoms with Gasteiger partial charge in [0.15, 0.2) is 0 Å². The third-order valence-electron chi connectivity index (χ3n) is 12.0. The molecule has 0 aliphatic heterocycles. The van der Waals surface area contributed by atoms with Gasteiger partial charge in [-0.15, -0.1) is 0 Å². The molecule has 3 heterocycles. The molecule has 12 aromatic rings. The minimum absolute atomic E-state index is 0.900. The molecule has 0 bridgehead atoms. The molecular weight excluding hydrogens is 669 g/mol. The van der Waals surface area contributed by atoms with Crippen molar-refractivity contribution in [1.29, 1.82) is 0 Å². The normalized spacial score (nSPS) is 12.4. The lowest BCUT2D eigenvalue weighted by Crippen LogP contribution is -1.99. The molecule has 1 aliphatic rings. The molecule has 13 rings (SSSR count). The molecule has 3 nitrogen and oxygen atoms in total. The molecule has 3 aromatic heterocycles. The van der Waals surface area contributed by atoms with E-state index in [1.807, 2.05) is 0 Å². The summed E-state index contributed by atoms with van der Waals surface area (Å²) in [4.78, 5) is 0. The van der Waals surface area contributed by atoms with Crippen LogP contribution in [0.2, 0.25) is 0 Å². The smallest absolute Gasteiger partial charge is 0.146 e. The Bertz CT molecular complexity index is 3550. The zero-order valence-electron chi connectivity index (χ0n) is 29.6. The number of nitrogens with zero attached hydrogens (tertiary/aromatic N) is 2. The van der Waals surface area contributed by atoms with Crippen LogP contribution in [0.1, 0.15) is 0 Å². The molecule has 3 heteroatoms. The second kappa shape index (κ2) is 10.6. The first-order valence-corrected chi connectivity index (χ1v) is 18.9. The second-order valence-corrected chi connectivity index (χ2v) is 14.8. The highest BCUT2D eigenvalue weighted by Crippen LogP contribution is 2.51. The van der Waals surface area contributed by atoms with Gasteiger partial charge in [0.2, 0.25) is 0 Å². The van der Waals surface area contributed by atoms with Crippen LogP contribution in [0.4, 0.5) is 0 Å². The molecule has 0 atom stereocenters. The fourth-order valence-electron chi connectivity index (χ4n) is 9.84. The van der Waals surface area contributed by atoms with Gasteiger partial charge in [0, 0.05) is 38.3 Å². The maximum atomic E-state index is 6.94. The number of fused-ring (bicyclic) bond motifs is 15. The Balaban J connectivity index is 1.14. The van der Waals surface area contributed by atoms with E-state index in [-0.39, 0.29) is 0 Å². The van der Waals surface area contributed by atoms with Crippen molar-refractivity contribution in [3.8, 4) is 44.8 Å². The highest BCUT2D eigenvalue weighted by atomic mass is 16.3. The largest absolute Gasteiger partial charge is 0.455 e. The van der Waals surface area contributed by atoms with Gasteiger partial charge in [-0.1, -0.05) is 140 Å². The monoisotopic (exact) mass is 698 g/mol. The number of rotatable bonds is 3. The maximum Gasteiger partial charge on any atom is 0.146 e. The van der Waals surface area contributed by atoms with Crippen molar-refractivity contribution in [1.82, 2.24) is 9.13 Å². The summed E-state index contributed by atoms with van der Waals surface area (Å²) >= 11 is 0. The van der Waals surface area contributed by atoms with Crippen LogP contribution >= 0.6 is 0 Å². The first kappa shape index (κ1) is 29.1. The SMILES string of the molecule is c1ccc(-n2c3ccccc3c3c4c5ccccc5oc4c4c5ccccc5n(-c5ccc(-c6ccc7c8c(cccc68)-c6ccccc6-7)cc5)c4c32)cc1. The molecule has 1 aliphatic carbocycles. The summed E-state index contributed by atoms with van der Waals surface area (Å²) in [5, 5.41) is 9.65. The maximum absolute atomic E-state index is 6.94. The van der Waals surface area contributed by atoms with Gasteiger partial charge < -0.3 is 13.6 Å². The fraction of sp³-hybridized carbons (Fsp3) is 0. The molecule has 254 valence electrons. The van der Waals surface area contributed by atoms with Gasteiger partial charge in [-0.2, -0.15) is 0 Å². The number of hydrogen-bond acceptors (Lipinski definition) is 1. The zero-order valence-corrected chi connectivity index (χ0v) is 29.6. The van der Waals surface area contributed by atoms with Crippen LogP contribution in [0.3, 0.4) is 0 Å². The van der Waals surface area contributed by atoms with E-state index in [0.29, 0.717) is 0 Å². The Labute approximate surface area is 315 Å². The molecule has 0 fully saturated rings. The minimum atomic E-state index is 0.900. The van der Waals surface area contributed by atoms with Gasteiger partial charge in [-0.25, -0.2) is 0 Å². The third-order valence-corrected chi connectivity index (χ3v) is 12.0. The lowest BCUT2D eigenvalue weighted by Gasteiger charge is -2.14. The quantitative estimate of drug-likeness (QED) is 0.180. The third kappa shape index (κ3) is 3.74. The molecule has 9 aromatic carbocycles. The van der Waals surface area contributed by atoms with Gasteiger partial charge >= 0.3 is 0 Å². The minimum Gasteiger partial charge on any atom is -0.455 e. The van der Waals surface area contributed by atoms with Crippen LogP contribution in [0.25, 0.3) is 121 Å². The number of hydrogen-bond donors (Lipinski definition) is 0. The number of para-hydroxylation sites is 4. The van der Waals surface area contributed by atoms with E-state index in [9.17, 15) is 0 Å². The molecule has 0 saturated heterocycles. The first-order valence-electron chi connectivity index (χ1n) is 18.9. The van der Waals surface area contributed by atoms with E-state index >= 15 is 0 Å². The molecule has 0 saturated carbocycles. The molecule has 0 amide bonds. The zero-order chi connectivity index (χ0) is 35.8. The molecule has 0 unspecified atom stereocenters. The van der Waals surface area contributed by atoms with Crippen molar-refractivity contribution in [2.75, 3.05) is 0 Å². The van der Waals surface area contributed by atoms with Crippen molar-refractivity contribution in [3.63, 3.8) is 0 Å². The highest BCUT2D eigenvalue weighted by Gasteiger charge is 2.28. The van der Waals surface area contributed by atoms with Gasteiger partial charge in [0.1, 0.15) is 11.2 Å². The lowest BCUT2D eigenvalue weighted by atomic mass is 9.94. The summed E-state index contributed by atoms with van der Waals surface area (Å²) in [6, 6.07) is 66.2. The fourth-order valence-corrected chi connectivity index (χ4v) is 9.84. The molecule has 0 N–H and O–H groups in total. The average molecular weight is 699 g/mol. The van der Waals surface area contributed by atoms with E-state index in [2.05, 4.69) is 191 Å².